The molecule has 2 aromatic rings. The molecule has 4 N–H and O–H groups in total. The van der Waals surface area contributed by atoms with Crippen molar-refractivity contribution in [2.24, 2.45) is 5.73 Å². The first-order chi connectivity index (χ1) is 20.2. The summed E-state index contributed by atoms with van der Waals surface area (Å²) in [5.41, 5.74) is 8.36. The van der Waals surface area contributed by atoms with Gasteiger partial charge < -0.3 is 26.0 Å². The molecular formula is C32H45FN6O3. The maximum absolute atomic E-state index is 14.2. The first-order valence-corrected chi connectivity index (χ1v) is 15.1. The summed E-state index contributed by atoms with van der Waals surface area (Å²) < 4.78 is 19.1. The van der Waals surface area contributed by atoms with Crippen LogP contribution in [-0.2, 0) is 26.2 Å². The minimum atomic E-state index is -0.895. The molecule has 228 valence electrons. The molecule has 0 spiro atoms. The van der Waals surface area contributed by atoms with Crippen LogP contribution in [0.2, 0.25) is 0 Å². The van der Waals surface area contributed by atoms with Gasteiger partial charge in [0.2, 0.25) is 11.8 Å². The molecule has 4 atom stereocenters. The summed E-state index contributed by atoms with van der Waals surface area (Å²) in [6, 6.07) is 13.3. The summed E-state index contributed by atoms with van der Waals surface area (Å²) in [6.45, 7) is 12.3. The number of nitrogens with one attached hydrogen (secondary N) is 2. The number of hydrogen-bond donors (Lipinski definition) is 3. The maximum atomic E-state index is 14.2. The van der Waals surface area contributed by atoms with E-state index in [-0.39, 0.29) is 42.8 Å². The van der Waals surface area contributed by atoms with Gasteiger partial charge in [-0.3, -0.25) is 19.4 Å². The zero-order valence-corrected chi connectivity index (χ0v) is 25.1. The quantitative estimate of drug-likeness (QED) is 0.413. The van der Waals surface area contributed by atoms with Gasteiger partial charge in [0.15, 0.2) is 0 Å². The van der Waals surface area contributed by atoms with Crippen molar-refractivity contribution < 1.29 is 18.7 Å². The number of halogens is 1. The number of carbonyl (C=O) groups excluding carboxylic acids is 2. The van der Waals surface area contributed by atoms with Crippen molar-refractivity contribution in [1.29, 1.82) is 0 Å². The fourth-order valence-electron chi connectivity index (χ4n) is 6.47. The lowest BCUT2D eigenvalue weighted by Gasteiger charge is -2.43. The van der Waals surface area contributed by atoms with Crippen molar-refractivity contribution in [3.63, 3.8) is 0 Å². The predicted molar refractivity (Wildman–Crippen MR) is 162 cm³/mol. The van der Waals surface area contributed by atoms with E-state index < -0.39 is 5.41 Å². The normalized spacial score (nSPS) is 26.7. The monoisotopic (exact) mass is 580 g/mol. The van der Waals surface area contributed by atoms with Crippen LogP contribution in [0.5, 0.6) is 0 Å². The molecule has 0 radical (unpaired) electrons. The maximum Gasteiger partial charge on any atom is 0.241 e. The molecule has 3 aliphatic heterocycles. The van der Waals surface area contributed by atoms with Crippen LogP contribution in [0.15, 0.2) is 42.5 Å². The minimum absolute atomic E-state index is 0.0142. The second-order valence-electron chi connectivity index (χ2n) is 12.3. The summed E-state index contributed by atoms with van der Waals surface area (Å²) in [4.78, 5) is 34.1. The minimum Gasteiger partial charge on any atom is -0.379 e. The van der Waals surface area contributed by atoms with Gasteiger partial charge in [0.1, 0.15) is 5.82 Å². The Morgan fingerprint density at radius 1 is 1.14 bits per heavy atom. The topological polar surface area (TPSA) is 103 Å². The van der Waals surface area contributed by atoms with E-state index in [4.69, 9.17) is 10.5 Å². The molecule has 3 unspecified atom stereocenters. The van der Waals surface area contributed by atoms with E-state index >= 15 is 0 Å². The molecule has 0 saturated carbocycles. The Hall–Kier alpha value is -2.89. The summed E-state index contributed by atoms with van der Waals surface area (Å²) in [6.07, 6.45) is 0.598. The van der Waals surface area contributed by atoms with Crippen molar-refractivity contribution in [2.45, 2.75) is 50.7 Å². The molecule has 2 amide bonds. The molecular weight excluding hydrogens is 535 g/mol. The summed E-state index contributed by atoms with van der Waals surface area (Å²) in [5, 5.41) is 6.54. The average Bonchev–Trinajstić information content (AvgIpc) is 3.28. The lowest BCUT2D eigenvalue weighted by atomic mass is 9.83. The third kappa shape index (κ3) is 6.68. The smallest absolute Gasteiger partial charge is 0.241 e. The van der Waals surface area contributed by atoms with Gasteiger partial charge in [0.25, 0.3) is 0 Å². The second-order valence-corrected chi connectivity index (χ2v) is 12.3. The van der Waals surface area contributed by atoms with E-state index in [2.05, 4.69) is 34.3 Å². The molecule has 0 aliphatic carbocycles. The molecule has 5 rings (SSSR count). The number of piperazine rings is 1. The fourth-order valence-corrected chi connectivity index (χ4v) is 6.47. The fraction of sp³-hybridized carbons (Fsp3) is 0.562. The number of carbonyl (C=O) groups is 2. The third-order valence-corrected chi connectivity index (χ3v) is 8.99. The molecule has 42 heavy (non-hydrogen) atoms. The molecule has 2 aromatic carbocycles. The van der Waals surface area contributed by atoms with E-state index in [0.717, 1.165) is 61.8 Å². The highest BCUT2D eigenvalue weighted by Crippen LogP contribution is 2.42. The first-order valence-electron chi connectivity index (χ1n) is 15.1. The van der Waals surface area contributed by atoms with Crippen molar-refractivity contribution in [2.75, 3.05) is 70.5 Å². The summed E-state index contributed by atoms with van der Waals surface area (Å²) in [7, 11) is 0. The Labute approximate surface area is 248 Å². The number of fused-ring (bicyclic) bond motifs is 1. The number of morpholine rings is 1. The summed E-state index contributed by atoms with van der Waals surface area (Å²) in [5.74, 6) is -0.419. The number of benzene rings is 2. The molecule has 2 fully saturated rings. The van der Waals surface area contributed by atoms with Gasteiger partial charge in [-0.15, -0.1) is 0 Å². The van der Waals surface area contributed by atoms with Crippen LogP contribution in [0, 0.1) is 5.82 Å². The molecule has 10 heteroatoms. The zero-order valence-electron chi connectivity index (χ0n) is 25.1. The number of anilines is 1. The van der Waals surface area contributed by atoms with Crippen LogP contribution < -0.4 is 21.3 Å². The average molecular weight is 581 g/mol. The number of nitrogens with two attached hydrogens (primary N) is 1. The van der Waals surface area contributed by atoms with E-state index in [1.807, 2.05) is 25.1 Å². The van der Waals surface area contributed by atoms with Gasteiger partial charge in [-0.1, -0.05) is 24.3 Å². The standard InChI is InChI=1S/C32H45FN6O3/c1-22-17-38(27(16-36-22)18-37-12-13-42-20-23(37)2)19-30(40)39-21-32(3,31(41)35-11-10-34)28-9-6-25(15-29(28)39)14-24-4-7-26(33)8-5-24/h4-9,15,22-23,27,36H,10-14,16-21,34H2,1-3H3,(H,35,41)/t22?,23?,27-,32?/m1/s1. The third-order valence-electron chi connectivity index (χ3n) is 8.99. The van der Waals surface area contributed by atoms with E-state index in [9.17, 15) is 14.0 Å². The molecule has 0 aromatic heterocycles. The summed E-state index contributed by atoms with van der Waals surface area (Å²) >= 11 is 0. The van der Waals surface area contributed by atoms with Crippen LogP contribution in [0.1, 0.15) is 37.5 Å². The van der Waals surface area contributed by atoms with Crippen molar-refractivity contribution >= 4 is 17.5 Å². The largest absolute Gasteiger partial charge is 0.379 e. The van der Waals surface area contributed by atoms with Gasteiger partial charge in [-0.05, 0) is 62.1 Å². The zero-order chi connectivity index (χ0) is 29.9. The Kier molecular flexibility index (Phi) is 9.59. The molecule has 9 nitrogen and oxygen atoms in total. The number of rotatable bonds is 9. The second kappa shape index (κ2) is 13.2. The van der Waals surface area contributed by atoms with Gasteiger partial charge >= 0.3 is 0 Å². The Morgan fingerprint density at radius 3 is 2.64 bits per heavy atom. The van der Waals surface area contributed by atoms with Gasteiger partial charge in [0, 0.05) is 69.6 Å². The number of ether oxygens (including phenoxy) is 1. The number of amides is 2. The van der Waals surface area contributed by atoms with Crippen LogP contribution >= 0.6 is 0 Å². The Morgan fingerprint density at radius 2 is 1.90 bits per heavy atom. The highest BCUT2D eigenvalue weighted by Gasteiger charge is 2.47. The Balaban J connectivity index is 1.39. The van der Waals surface area contributed by atoms with Crippen molar-refractivity contribution in [3.05, 3.63) is 65.0 Å². The molecule has 3 heterocycles. The lowest BCUT2D eigenvalue weighted by Crippen LogP contribution is -2.62. The van der Waals surface area contributed by atoms with E-state index in [0.29, 0.717) is 25.6 Å². The van der Waals surface area contributed by atoms with Crippen LogP contribution in [-0.4, -0.2) is 105 Å². The van der Waals surface area contributed by atoms with Crippen molar-refractivity contribution in [3.8, 4) is 0 Å². The highest BCUT2D eigenvalue weighted by molar-refractivity contribution is 6.03. The van der Waals surface area contributed by atoms with Crippen LogP contribution in [0.4, 0.5) is 10.1 Å². The molecule has 0 bridgehead atoms. The van der Waals surface area contributed by atoms with E-state index in [1.54, 1.807) is 17.0 Å². The molecule has 2 saturated heterocycles. The van der Waals surface area contributed by atoms with Gasteiger partial charge in [-0.2, -0.15) is 0 Å². The number of nitrogens with zero attached hydrogens (tertiary/aromatic N) is 3. The van der Waals surface area contributed by atoms with Crippen LogP contribution in [0.25, 0.3) is 0 Å². The first kappa shape index (κ1) is 30.6. The van der Waals surface area contributed by atoms with Crippen LogP contribution in [0.3, 0.4) is 0 Å². The van der Waals surface area contributed by atoms with Crippen molar-refractivity contribution in [1.82, 2.24) is 20.4 Å². The van der Waals surface area contributed by atoms with E-state index in [1.165, 1.54) is 12.1 Å². The molecule has 3 aliphatic rings. The number of hydrogen-bond acceptors (Lipinski definition) is 7. The Bertz CT molecular complexity index is 1260. The highest BCUT2D eigenvalue weighted by atomic mass is 19.1. The lowest BCUT2D eigenvalue weighted by molar-refractivity contribution is -0.125. The SMILES string of the molecule is CC1CN(CC(=O)N2CC(C)(C(=O)NCCN)c3ccc(Cc4ccc(F)cc4)cc32)[C@@H](CN2CCOCC2C)CN1. The predicted octanol–water partition coefficient (Wildman–Crippen LogP) is 1.48. The van der Waals surface area contributed by atoms with Gasteiger partial charge in [0.05, 0.1) is 25.2 Å². The van der Waals surface area contributed by atoms with Gasteiger partial charge in [-0.25, -0.2) is 4.39 Å².